The summed E-state index contributed by atoms with van der Waals surface area (Å²) in [4.78, 5) is 29.5. The number of carbonyl (C=O) groups is 2. The second-order valence-corrected chi connectivity index (χ2v) is 8.07. The number of nitrogens with zero attached hydrogens (tertiary/aromatic N) is 2. The third kappa shape index (κ3) is 4.89. The van der Waals surface area contributed by atoms with Gasteiger partial charge in [0.1, 0.15) is 5.75 Å². The van der Waals surface area contributed by atoms with Crippen LogP contribution in [0.5, 0.6) is 5.75 Å². The Labute approximate surface area is 177 Å². The van der Waals surface area contributed by atoms with Crippen molar-refractivity contribution in [2.45, 2.75) is 13.5 Å². The van der Waals surface area contributed by atoms with Gasteiger partial charge in [-0.2, -0.15) is 16.8 Å². The summed E-state index contributed by atoms with van der Waals surface area (Å²) in [5.74, 6) is 0.900. The predicted octanol–water partition coefficient (Wildman–Crippen LogP) is 3.99. The molecule has 0 fully saturated rings. The maximum absolute atomic E-state index is 12.7. The Bertz CT molecular complexity index is 1080. The second kappa shape index (κ2) is 9.76. The predicted molar refractivity (Wildman–Crippen MR) is 117 cm³/mol. The van der Waals surface area contributed by atoms with Crippen LogP contribution in [0.4, 0.5) is 0 Å². The molecule has 0 saturated heterocycles. The van der Waals surface area contributed by atoms with Gasteiger partial charge in [0.25, 0.3) is 5.91 Å². The molecule has 2 aromatic carbocycles. The number of hydrogen-bond donors (Lipinski definition) is 0. The first kappa shape index (κ1) is 21.1. The van der Waals surface area contributed by atoms with Crippen LogP contribution in [-0.4, -0.2) is 42.2 Å². The molecule has 1 aromatic heterocycles. The zero-order valence-electron chi connectivity index (χ0n) is 16.5. The molecule has 3 aromatic rings. The highest BCUT2D eigenvalue weighted by Crippen LogP contribution is 2.21. The smallest absolute Gasteiger partial charge is 0.337 e. The highest BCUT2D eigenvalue weighted by atomic mass is 32.2. The Morgan fingerprint density at radius 3 is 2.52 bits per heavy atom. The Hall–Kier alpha value is -2.58. The molecule has 1 amide bonds. The van der Waals surface area contributed by atoms with E-state index in [0.29, 0.717) is 29.1 Å². The lowest BCUT2D eigenvalue weighted by Gasteiger charge is -2.05. The summed E-state index contributed by atoms with van der Waals surface area (Å²) in [5, 5.41) is 0. The zero-order valence-corrected chi connectivity index (χ0v) is 18.1. The van der Waals surface area contributed by atoms with E-state index >= 15 is 0 Å². The number of rotatable bonds is 7. The summed E-state index contributed by atoms with van der Waals surface area (Å²) < 4.78 is 13.1. The molecular formula is C21H22N2O4S2. The van der Waals surface area contributed by atoms with Crippen LogP contribution in [0.2, 0.25) is 0 Å². The number of ether oxygens (including phenoxy) is 2. The fraction of sp³-hybridized carbons (Fsp3) is 0.286. The molecule has 6 nitrogen and oxygen atoms in total. The lowest BCUT2D eigenvalue weighted by atomic mass is 10.2. The van der Waals surface area contributed by atoms with E-state index in [9.17, 15) is 9.59 Å². The van der Waals surface area contributed by atoms with E-state index in [4.69, 9.17) is 9.47 Å². The quantitative estimate of drug-likeness (QED) is 0.530. The van der Waals surface area contributed by atoms with E-state index in [0.717, 1.165) is 21.7 Å². The summed E-state index contributed by atoms with van der Waals surface area (Å²) in [6.07, 6.45) is 2.03. The maximum Gasteiger partial charge on any atom is 0.337 e. The van der Waals surface area contributed by atoms with Gasteiger partial charge in [0.15, 0.2) is 4.80 Å². The molecule has 29 heavy (non-hydrogen) atoms. The van der Waals surface area contributed by atoms with Gasteiger partial charge in [-0.3, -0.25) is 4.79 Å². The first-order valence-electron chi connectivity index (χ1n) is 9.10. The third-order valence-corrected chi connectivity index (χ3v) is 5.86. The maximum atomic E-state index is 12.7. The minimum absolute atomic E-state index is 0.314. The van der Waals surface area contributed by atoms with Gasteiger partial charge in [0, 0.05) is 17.9 Å². The molecule has 0 saturated carbocycles. The van der Waals surface area contributed by atoms with Crippen molar-refractivity contribution >= 4 is 45.2 Å². The van der Waals surface area contributed by atoms with Crippen molar-refractivity contribution in [3.8, 4) is 5.75 Å². The second-order valence-electron chi connectivity index (χ2n) is 6.08. The van der Waals surface area contributed by atoms with E-state index in [1.165, 1.54) is 18.4 Å². The summed E-state index contributed by atoms with van der Waals surface area (Å²) in [6.45, 7) is 3.20. The van der Waals surface area contributed by atoms with Gasteiger partial charge >= 0.3 is 5.97 Å². The average molecular weight is 431 g/mol. The van der Waals surface area contributed by atoms with Crippen molar-refractivity contribution in [2.24, 2.45) is 4.99 Å². The molecule has 8 heteroatoms. The van der Waals surface area contributed by atoms with E-state index < -0.39 is 0 Å². The average Bonchev–Trinajstić information content (AvgIpc) is 3.08. The van der Waals surface area contributed by atoms with Crippen molar-refractivity contribution in [3.63, 3.8) is 0 Å². The monoisotopic (exact) mass is 430 g/mol. The van der Waals surface area contributed by atoms with Crippen LogP contribution in [0, 0.1) is 0 Å². The molecule has 0 aliphatic heterocycles. The highest BCUT2D eigenvalue weighted by molar-refractivity contribution is 7.98. The number of thioether (sulfide) groups is 1. The summed E-state index contributed by atoms with van der Waals surface area (Å²) in [6, 6.07) is 12.3. The molecule has 0 bridgehead atoms. The Morgan fingerprint density at radius 2 is 1.86 bits per heavy atom. The van der Waals surface area contributed by atoms with Crippen LogP contribution in [0.3, 0.4) is 0 Å². The first-order chi connectivity index (χ1) is 14.1. The normalized spacial score (nSPS) is 11.6. The number of aryl methyl sites for hydroxylation is 1. The standard InChI is InChI=1S/C21H22N2O4S2/c1-4-27-16-8-5-14(6-9-16)19(24)22-21-23(11-12-28-3)17-10-7-15(20(25)26-2)13-18(17)29-21/h5-10,13H,4,11-12H2,1-3H3. The molecule has 1 heterocycles. The molecule has 0 N–H and O–H groups in total. The molecule has 3 rings (SSSR count). The van der Waals surface area contributed by atoms with Crippen molar-refractivity contribution in [1.82, 2.24) is 4.57 Å². The van der Waals surface area contributed by atoms with Crippen LogP contribution in [0.25, 0.3) is 10.2 Å². The molecule has 0 spiro atoms. The number of hydrogen-bond acceptors (Lipinski definition) is 6. The Kier molecular flexibility index (Phi) is 7.11. The summed E-state index contributed by atoms with van der Waals surface area (Å²) in [7, 11) is 1.36. The van der Waals surface area contributed by atoms with Gasteiger partial charge in [0.05, 0.1) is 29.5 Å². The number of carbonyl (C=O) groups excluding carboxylic acids is 2. The molecule has 0 aliphatic carbocycles. The number of thiazole rings is 1. The van der Waals surface area contributed by atoms with Crippen molar-refractivity contribution < 1.29 is 19.1 Å². The van der Waals surface area contributed by atoms with E-state index in [-0.39, 0.29) is 11.9 Å². The summed E-state index contributed by atoms with van der Waals surface area (Å²) in [5.41, 5.74) is 1.91. The highest BCUT2D eigenvalue weighted by Gasteiger charge is 2.12. The molecule has 152 valence electrons. The summed E-state index contributed by atoms with van der Waals surface area (Å²) >= 11 is 3.10. The molecular weight excluding hydrogens is 408 g/mol. The molecule has 0 atom stereocenters. The van der Waals surface area contributed by atoms with Crippen molar-refractivity contribution in [2.75, 3.05) is 25.7 Å². The number of amides is 1. The number of benzene rings is 2. The zero-order chi connectivity index (χ0) is 20.8. The van der Waals surface area contributed by atoms with Crippen LogP contribution >= 0.6 is 23.1 Å². The minimum atomic E-state index is -0.389. The molecule has 0 radical (unpaired) electrons. The number of aromatic nitrogens is 1. The fourth-order valence-corrected chi connectivity index (χ4v) is 4.27. The van der Waals surface area contributed by atoms with Gasteiger partial charge in [-0.25, -0.2) is 4.79 Å². The topological polar surface area (TPSA) is 69.9 Å². The van der Waals surface area contributed by atoms with Crippen LogP contribution in [0.1, 0.15) is 27.6 Å². The lowest BCUT2D eigenvalue weighted by Crippen LogP contribution is -2.18. The van der Waals surface area contributed by atoms with Gasteiger partial charge in [0.2, 0.25) is 0 Å². The van der Waals surface area contributed by atoms with Crippen LogP contribution in [0.15, 0.2) is 47.5 Å². The minimum Gasteiger partial charge on any atom is -0.494 e. The van der Waals surface area contributed by atoms with Crippen molar-refractivity contribution in [3.05, 3.63) is 58.4 Å². The van der Waals surface area contributed by atoms with E-state index in [1.54, 1.807) is 48.2 Å². The number of methoxy groups -OCH3 is 1. The largest absolute Gasteiger partial charge is 0.494 e. The van der Waals surface area contributed by atoms with E-state index in [2.05, 4.69) is 4.99 Å². The van der Waals surface area contributed by atoms with Gasteiger partial charge < -0.3 is 14.0 Å². The SMILES string of the molecule is CCOc1ccc(C(=O)N=c2sc3cc(C(=O)OC)ccc3n2CCSC)cc1. The first-order valence-corrected chi connectivity index (χ1v) is 11.3. The van der Waals surface area contributed by atoms with E-state index in [1.807, 2.05) is 23.8 Å². The van der Waals surface area contributed by atoms with Gasteiger partial charge in [-0.1, -0.05) is 11.3 Å². The van der Waals surface area contributed by atoms with Gasteiger partial charge in [-0.05, 0) is 55.6 Å². The number of fused-ring (bicyclic) bond motifs is 1. The van der Waals surface area contributed by atoms with Crippen LogP contribution in [-0.2, 0) is 11.3 Å². The Morgan fingerprint density at radius 1 is 1.14 bits per heavy atom. The molecule has 0 unspecified atom stereocenters. The third-order valence-electron chi connectivity index (χ3n) is 4.23. The fourth-order valence-electron chi connectivity index (χ4n) is 2.81. The Balaban J connectivity index is 2.03. The van der Waals surface area contributed by atoms with Crippen molar-refractivity contribution in [1.29, 1.82) is 0 Å². The lowest BCUT2D eigenvalue weighted by molar-refractivity contribution is 0.0601. The number of esters is 1. The molecule has 0 aliphatic rings. The van der Waals surface area contributed by atoms with Gasteiger partial charge in [-0.15, -0.1) is 0 Å². The van der Waals surface area contributed by atoms with Crippen LogP contribution < -0.4 is 9.54 Å².